The van der Waals surface area contributed by atoms with Crippen LogP contribution in [0.1, 0.15) is 19.4 Å². The van der Waals surface area contributed by atoms with Gasteiger partial charge in [0.2, 0.25) is 0 Å². The van der Waals surface area contributed by atoms with E-state index in [0.29, 0.717) is 11.3 Å². The van der Waals surface area contributed by atoms with Crippen molar-refractivity contribution in [2.75, 3.05) is 6.61 Å². The Labute approximate surface area is 188 Å². The number of carboxylic acid groups (broad SMARTS) is 1. The Morgan fingerprint density at radius 1 is 0.938 bits per heavy atom. The normalized spacial score (nSPS) is 12.8. The van der Waals surface area contributed by atoms with Crippen LogP contribution in [0.5, 0.6) is 5.75 Å². The summed E-state index contributed by atoms with van der Waals surface area (Å²) >= 11 is 0. The average Bonchev–Trinajstić information content (AvgIpc) is 2.80. The van der Waals surface area contributed by atoms with Crippen LogP contribution < -0.4 is 4.74 Å². The molecule has 0 spiro atoms. The lowest BCUT2D eigenvalue weighted by Gasteiger charge is -2.25. The molecule has 0 aliphatic rings. The number of sulfone groups is 1. The van der Waals surface area contributed by atoms with Gasteiger partial charge in [0, 0.05) is 6.42 Å². The highest BCUT2D eigenvalue weighted by Crippen LogP contribution is 2.31. The van der Waals surface area contributed by atoms with E-state index in [-0.39, 0.29) is 17.9 Å². The van der Waals surface area contributed by atoms with Crippen LogP contribution in [0.2, 0.25) is 0 Å². The standard InChI is InChI=1S/C26H24O5S/c1-3-4-18-31-23-14-16-24(17-15-23)32(29,30)26(2,25(27)28)19-20-10-12-22(13-11-20)21-8-6-5-7-9-21/h5-17H,18-19H2,1-2H3,(H,27,28). The maximum atomic E-state index is 13.3. The monoisotopic (exact) mass is 448 g/mol. The number of carboxylic acids is 1. The number of carbonyl (C=O) groups is 1. The molecule has 3 aromatic carbocycles. The molecule has 0 aliphatic carbocycles. The molecule has 1 N–H and O–H groups in total. The second kappa shape index (κ2) is 9.71. The molecular weight excluding hydrogens is 424 g/mol. The van der Waals surface area contributed by atoms with Crippen molar-refractivity contribution in [2.24, 2.45) is 0 Å². The zero-order valence-corrected chi connectivity index (χ0v) is 18.7. The predicted molar refractivity (Wildman–Crippen MR) is 124 cm³/mol. The lowest BCUT2D eigenvalue weighted by atomic mass is 9.97. The third-order valence-electron chi connectivity index (χ3n) is 5.27. The van der Waals surface area contributed by atoms with E-state index < -0.39 is 20.6 Å². The van der Waals surface area contributed by atoms with E-state index in [1.165, 1.54) is 31.2 Å². The summed E-state index contributed by atoms with van der Waals surface area (Å²) in [7, 11) is -4.19. The minimum atomic E-state index is -4.19. The van der Waals surface area contributed by atoms with Gasteiger partial charge in [0.1, 0.15) is 12.4 Å². The molecule has 1 atom stereocenters. The van der Waals surface area contributed by atoms with Gasteiger partial charge in [-0.2, -0.15) is 0 Å². The third kappa shape index (κ3) is 4.84. The van der Waals surface area contributed by atoms with E-state index in [4.69, 9.17) is 4.74 Å². The van der Waals surface area contributed by atoms with Crippen LogP contribution in [0.25, 0.3) is 11.1 Å². The van der Waals surface area contributed by atoms with Crippen LogP contribution in [-0.4, -0.2) is 30.8 Å². The van der Waals surface area contributed by atoms with Gasteiger partial charge in [-0.3, -0.25) is 4.79 Å². The van der Waals surface area contributed by atoms with Crippen LogP contribution in [-0.2, 0) is 21.1 Å². The van der Waals surface area contributed by atoms with Crippen LogP contribution in [0.15, 0.2) is 83.8 Å². The smallest absolute Gasteiger partial charge is 0.325 e. The maximum Gasteiger partial charge on any atom is 0.325 e. The van der Waals surface area contributed by atoms with Gasteiger partial charge in [-0.05, 0) is 54.8 Å². The van der Waals surface area contributed by atoms with Crippen LogP contribution in [0, 0.1) is 11.8 Å². The Morgan fingerprint density at radius 2 is 1.53 bits per heavy atom. The molecule has 6 heteroatoms. The molecule has 0 amide bonds. The fourth-order valence-corrected chi connectivity index (χ4v) is 4.89. The summed E-state index contributed by atoms with van der Waals surface area (Å²) < 4.78 is 30.0. The Hall–Kier alpha value is -3.56. The van der Waals surface area contributed by atoms with Crippen LogP contribution in [0.4, 0.5) is 0 Å². The first-order chi connectivity index (χ1) is 15.3. The Kier molecular flexibility index (Phi) is 7.01. The average molecular weight is 449 g/mol. The van der Waals surface area contributed by atoms with E-state index in [1.807, 2.05) is 42.5 Å². The molecule has 0 aliphatic heterocycles. The zero-order valence-electron chi connectivity index (χ0n) is 17.9. The molecule has 164 valence electrons. The molecule has 5 nitrogen and oxygen atoms in total. The van der Waals surface area contributed by atoms with Gasteiger partial charge in [0.25, 0.3) is 0 Å². The zero-order chi connectivity index (χ0) is 23.2. The highest BCUT2D eigenvalue weighted by atomic mass is 32.2. The topological polar surface area (TPSA) is 80.7 Å². The molecule has 0 fully saturated rings. The number of benzene rings is 3. The molecule has 3 aromatic rings. The first kappa shape index (κ1) is 23.1. The molecule has 3 rings (SSSR count). The molecule has 0 saturated carbocycles. The summed E-state index contributed by atoms with van der Waals surface area (Å²) in [5, 5.41) is 9.90. The van der Waals surface area contributed by atoms with Gasteiger partial charge in [-0.25, -0.2) is 8.42 Å². The van der Waals surface area contributed by atoms with Crippen molar-refractivity contribution in [3.8, 4) is 28.7 Å². The van der Waals surface area contributed by atoms with Crippen molar-refractivity contribution in [2.45, 2.75) is 29.9 Å². The number of hydrogen-bond acceptors (Lipinski definition) is 4. The van der Waals surface area contributed by atoms with Gasteiger partial charge in [-0.15, -0.1) is 5.92 Å². The summed E-state index contributed by atoms with van der Waals surface area (Å²) in [5.41, 5.74) is 2.62. The van der Waals surface area contributed by atoms with E-state index in [2.05, 4.69) is 11.8 Å². The Bertz CT molecular complexity index is 1240. The summed E-state index contributed by atoms with van der Waals surface area (Å²) in [4.78, 5) is 12.1. The summed E-state index contributed by atoms with van der Waals surface area (Å²) in [6.07, 6.45) is -0.163. The lowest BCUT2D eigenvalue weighted by molar-refractivity contribution is -0.139. The van der Waals surface area contributed by atoms with Gasteiger partial charge < -0.3 is 9.84 Å². The fourth-order valence-electron chi connectivity index (χ4n) is 3.29. The molecule has 0 bridgehead atoms. The van der Waals surface area contributed by atoms with Crippen LogP contribution in [0.3, 0.4) is 0 Å². The molecule has 1 unspecified atom stereocenters. The number of hydrogen-bond donors (Lipinski definition) is 1. The van der Waals surface area contributed by atoms with Crippen molar-refractivity contribution < 1.29 is 23.1 Å². The first-order valence-corrected chi connectivity index (χ1v) is 11.5. The molecule has 0 saturated heterocycles. The van der Waals surface area contributed by atoms with E-state index in [1.54, 1.807) is 19.1 Å². The molecular formula is C26H24O5S. The van der Waals surface area contributed by atoms with Crippen LogP contribution >= 0.6 is 0 Å². The summed E-state index contributed by atoms with van der Waals surface area (Å²) in [6, 6.07) is 22.8. The molecule has 0 aromatic heterocycles. The fraction of sp³-hybridized carbons (Fsp3) is 0.192. The minimum absolute atomic E-state index is 0.0720. The number of rotatable bonds is 8. The molecule has 32 heavy (non-hydrogen) atoms. The second-order valence-corrected chi connectivity index (χ2v) is 9.85. The van der Waals surface area contributed by atoms with Crippen molar-refractivity contribution >= 4 is 15.8 Å². The van der Waals surface area contributed by atoms with Gasteiger partial charge in [-0.1, -0.05) is 60.5 Å². The quantitative estimate of drug-likeness (QED) is 0.509. The summed E-state index contributed by atoms with van der Waals surface area (Å²) in [6.45, 7) is 3.13. The minimum Gasteiger partial charge on any atom is -0.481 e. The van der Waals surface area contributed by atoms with Crippen molar-refractivity contribution in [1.82, 2.24) is 0 Å². The van der Waals surface area contributed by atoms with Crippen molar-refractivity contribution in [3.63, 3.8) is 0 Å². The Morgan fingerprint density at radius 3 is 2.09 bits per heavy atom. The van der Waals surface area contributed by atoms with E-state index >= 15 is 0 Å². The molecule has 0 radical (unpaired) electrons. The number of ether oxygens (including phenoxy) is 1. The van der Waals surface area contributed by atoms with Gasteiger partial charge in [0.15, 0.2) is 14.6 Å². The SMILES string of the molecule is CC#CCOc1ccc(S(=O)(=O)C(C)(Cc2ccc(-c3ccccc3)cc2)C(=O)O)cc1. The second-order valence-electron chi connectivity index (χ2n) is 7.47. The first-order valence-electron chi connectivity index (χ1n) is 10.0. The lowest BCUT2D eigenvalue weighted by Crippen LogP contribution is -2.45. The maximum absolute atomic E-state index is 13.3. The van der Waals surface area contributed by atoms with E-state index in [9.17, 15) is 18.3 Å². The molecule has 0 heterocycles. The summed E-state index contributed by atoms with van der Waals surface area (Å²) in [5.74, 6) is 4.52. The van der Waals surface area contributed by atoms with Gasteiger partial charge in [0.05, 0.1) is 4.90 Å². The highest BCUT2D eigenvalue weighted by molar-refractivity contribution is 7.93. The third-order valence-corrected chi connectivity index (χ3v) is 7.67. The Balaban J connectivity index is 1.86. The van der Waals surface area contributed by atoms with E-state index in [0.717, 1.165) is 11.1 Å². The van der Waals surface area contributed by atoms with Gasteiger partial charge >= 0.3 is 5.97 Å². The van der Waals surface area contributed by atoms with Crippen molar-refractivity contribution in [1.29, 1.82) is 0 Å². The number of aliphatic carboxylic acids is 1. The predicted octanol–water partition coefficient (Wildman–Crippen LogP) is 4.62. The highest BCUT2D eigenvalue weighted by Gasteiger charge is 2.47. The van der Waals surface area contributed by atoms with Crippen molar-refractivity contribution in [3.05, 3.63) is 84.4 Å². The largest absolute Gasteiger partial charge is 0.481 e.